The molecule has 0 bridgehead atoms. The van der Waals surface area contributed by atoms with Gasteiger partial charge in [-0.3, -0.25) is 9.69 Å². The highest BCUT2D eigenvalue weighted by Gasteiger charge is 2.43. The summed E-state index contributed by atoms with van der Waals surface area (Å²) in [5.74, 6) is -0.321. The van der Waals surface area contributed by atoms with Crippen molar-refractivity contribution >= 4 is 46.1 Å². The largest absolute Gasteiger partial charge is 0.444 e. The van der Waals surface area contributed by atoms with Crippen molar-refractivity contribution in [3.05, 3.63) is 71.9 Å². The second-order valence-electron chi connectivity index (χ2n) is 11.7. The predicted molar refractivity (Wildman–Crippen MR) is 161 cm³/mol. The lowest BCUT2D eigenvalue weighted by Gasteiger charge is -2.48. The fraction of sp³-hybridized carbons (Fsp3) is 0.419. The van der Waals surface area contributed by atoms with E-state index >= 15 is 0 Å². The van der Waals surface area contributed by atoms with E-state index in [4.69, 9.17) is 17.0 Å². The van der Waals surface area contributed by atoms with Crippen molar-refractivity contribution in [2.45, 2.75) is 76.7 Å². The van der Waals surface area contributed by atoms with Crippen LogP contribution in [0, 0.1) is 0 Å². The van der Waals surface area contributed by atoms with Crippen molar-refractivity contribution in [3.8, 4) is 0 Å². The molecule has 5 rings (SSSR count). The fourth-order valence-corrected chi connectivity index (χ4v) is 5.96. The number of ether oxygens (including phenoxy) is 1. The van der Waals surface area contributed by atoms with E-state index in [1.54, 1.807) is 25.7 Å². The highest BCUT2D eigenvalue weighted by molar-refractivity contribution is 7.80. The van der Waals surface area contributed by atoms with Crippen LogP contribution >= 0.6 is 12.2 Å². The van der Waals surface area contributed by atoms with Gasteiger partial charge in [-0.15, -0.1) is 0 Å². The Morgan fingerprint density at radius 3 is 2.61 bits per heavy atom. The zero-order valence-corrected chi connectivity index (χ0v) is 24.5. The minimum atomic E-state index is -0.875. The minimum Gasteiger partial charge on any atom is -0.444 e. The van der Waals surface area contributed by atoms with Crippen molar-refractivity contribution in [2.75, 3.05) is 6.54 Å². The first kappa shape index (κ1) is 28.6. The number of amides is 4. The van der Waals surface area contributed by atoms with Gasteiger partial charge >= 0.3 is 12.1 Å². The van der Waals surface area contributed by atoms with E-state index in [1.807, 2.05) is 65.7 Å². The minimum absolute atomic E-state index is 0.128. The number of H-pyrrole nitrogens is 1. The molecule has 3 N–H and O–H groups in total. The van der Waals surface area contributed by atoms with Gasteiger partial charge in [0, 0.05) is 42.5 Å². The van der Waals surface area contributed by atoms with E-state index in [9.17, 15) is 14.4 Å². The summed E-state index contributed by atoms with van der Waals surface area (Å²) in [6, 6.07) is 16.1. The average molecular weight is 576 g/mol. The van der Waals surface area contributed by atoms with E-state index in [0.717, 1.165) is 28.5 Å². The van der Waals surface area contributed by atoms with Crippen molar-refractivity contribution < 1.29 is 19.1 Å². The summed E-state index contributed by atoms with van der Waals surface area (Å²) in [4.78, 5) is 47.4. The van der Waals surface area contributed by atoms with Crippen LogP contribution in [0.2, 0.25) is 0 Å². The van der Waals surface area contributed by atoms with Gasteiger partial charge < -0.3 is 25.3 Å². The van der Waals surface area contributed by atoms with Gasteiger partial charge in [-0.2, -0.15) is 0 Å². The summed E-state index contributed by atoms with van der Waals surface area (Å²) < 4.78 is 5.48. The van der Waals surface area contributed by atoms with Crippen LogP contribution in [-0.4, -0.2) is 68.1 Å². The van der Waals surface area contributed by atoms with Gasteiger partial charge in [-0.25, -0.2) is 9.59 Å². The first-order chi connectivity index (χ1) is 19.6. The van der Waals surface area contributed by atoms with Crippen LogP contribution < -0.4 is 10.6 Å². The topological polar surface area (TPSA) is 107 Å². The summed E-state index contributed by atoms with van der Waals surface area (Å²) >= 11 is 5.71. The van der Waals surface area contributed by atoms with Crippen LogP contribution in [0.25, 0.3) is 10.9 Å². The van der Waals surface area contributed by atoms with Crippen molar-refractivity contribution in [3.63, 3.8) is 0 Å². The molecule has 216 valence electrons. The van der Waals surface area contributed by atoms with E-state index < -0.39 is 17.7 Å². The number of hydrogen-bond acceptors (Lipinski definition) is 5. The van der Waals surface area contributed by atoms with Gasteiger partial charge in [0.1, 0.15) is 11.6 Å². The number of alkyl carbamates (subject to hydrolysis) is 1. The smallest absolute Gasteiger partial charge is 0.408 e. The van der Waals surface area contributed by atoms with Crippen LogP contribution in [0.15, 0.2) is 60.8 Å². The number of aromatic amines is 1. The van der Waals surface area contributed by atoms with Gasteiger partial charge in [0.2, 0.25) is 5.91 Å². The Hall–Kier alpha value is -3.92. The number of carbonyl (C=O) groups is 3. The predicted octanol–water partition coefficient (Wildman–Crippen LogP) is 4.91. The van der Waals surface area contributed by atoms with Crippen LogP contribution in [0.4, 0.5) is 9.59 Å². The molecule has 1 aromatic heterocycles. The molecule has 0 aliphatic carbocycles. The molecule has 0 radical (unpaired) electrons. The molecule has 3 atom stereocenters. The van der Waals surface area contributed by atoms with E-state index in [1.165, 1.54) is 0 Å². The van der Waals surface area contributed by atoms with Crippen LogP contribution in [0.5, 0.6) is 0 Å². The molecule has 2 saturated heterocycles. The zero-order valence-electron chi connectivity index (χ0n) is 23.7. The molecule has 3 aromatic rings. The number of hydrogen-bond donors (Lipinski definition) is 3. The number of piperidine rings is 1. The molecule has 2 aliphatic heterocycles. The highest BCUT2D eigenvalue weighted by atomic mass is 32.1. The first-order valence-corrected chi connectivity index (χ1v) is 14.5. The monoisotopic (exact) mass is 575 g/mol. The third-order valence-corrected chi connectivity index (χ3v) is 7.94. The van der Waals surface area contributed by atoms with Crippen LogP contribution in [0.3, 0.4) is 0 Å². The fourth-order valence-electron chi connectivity index (χ4n) is 5.65. The molecule has 2 fully saturated rings. The van der Waals surface area contributed by atoms with E-state index in [0.29, 0.717) is 30.9 Å². The van der Waals surface area contributed by atoms with Crippen LogP contribution in [0.1, 0.15) is 51.2 Å². The Bertz CT molecular complexity index is 1430. The lowest BCUT2D eigenvalue weighted by molar-refractivity contribution is -0.124. The number of rotatable bonds is 7. The van der Waals surface area contributed by atoms with Gasteiger partial charge in [0.05, 0.1) is 17.6 Å². The number of urea groups is 1. The second-order valence-corrected chi connectivity index (χ2v) is 12.2. The lowest BCUT2D eigenvalue weighted by atomic mass is 9.91. The summed E-state index contributed by atoms with van der Waals surface area (Å²) in [7, 11) is 0. The van der Waals surface area contributed by atoms with Crippen molar-refractivity contribution in [1.29, 1.82) is 0 Å². The average Bonchev–Trinajstić information content (AvgIpc) is 3.33. The number of nitrogens with one attached hydrogen (secondary N) is 3. The molecule has 41 heavy (non-hydrogen) atoms. The molecule has 10 heteroatoms. The van der Waals surface area contributed by atoms with Crippen molar-refractivity contribution in [2.24, 2.45) is 0 Å². The maximum Gasteiger partial charge on any atom is 0.408 e. The molecule has 2 aromatic carbocycles. The first-order valence-electron chi connectivity index (χ1n) is 14.1. The second kappa shape index (κ2) is 11.9. The van der Waals surface area contributed by atoms with Gasteiger partial charge in [-0.05, 0) is 50.8 Å². The molecular formula is C31H37N5O4S. The SMILES string of the molecule is CC(C)(C)OC(=O)NC(Cc1c[nH]c2ccccc12)C(=O)N[C@H]1CCCN2C(=O)N(Cc3ccccc3)C(=S)C[C@H]12. The number of benzene rings is 2. The summed E-state index contributed by atoms with van der Waals surface area (Å²) in [6.45, 7) is 6.37. The van der Waals surface area contributed by atoms with Crippen LogP contribution in [-0.2, 0) is 22.5 Å². The molecule has 3 heterocycles. The molecule has 0 spiro atoms. The molecule has 2 aliphatic rings. The standard InChI is InChI=1S/C31H37N5O4S/c1-31(2,3)40-29(38)34-25(16-21-18-32-23-13-8-7-12-22(21)23)28(37)33-24-14-9-15-35-26(24)17-27(41)36(30(35)39)19-20-10-5-4-6-11-20/h4-8,10-13,18,24-26,32H,9,14-17,19H2,1-3H3,(H,33,37)(H,34,38)/t24-,25?,26+/m0/s1. The zero-order chi connectivity index (χ0) is 29.1. The molecule has 0 saturated carbocycles. The van der Waals surface area contributed by atoms with E-state index in [2.05, 4.69) is 15.6 Å². The number of para-hydroxylation sites is 1. The Morgan fingerprint density at radius 2 is 1.85 bits per heavy atom. The molecular weight excluding hydrogens is 538 g/mol. The van der Waals surface area contributed by atoms with Crippen molar-refractivity contribution in [1.82, 2.24) is 25.4 Å². The number of nitrogens with zero attached hydrogens (tertiary/aromatic N) is 2. The summed E-state index contributed by atoms with van der Waals surface area (Å²) in [5, 5.41) is 6.94. The maximum atomic E-state index is 13.8. The maximum absolute atomic E-state index is 13.8. The highest BCUT2D eigenvalue weighted by Crippen LogP contribution is 2.29. The number of aromatic nitrogens is 1. The number of thiocarbonyl (C=S) groups is 1. The Morgan fingerprint density at radius 1 is 1.12 bits per heavy atom. The lowest BCUT2D eigenvalue weighted by Crippen LogP contribution is -2.65. The van der Waals surface area contributed by atoms with Gasteiger partial charge in [-0.1, -0.05) is 60.7 Å². The Labute approximate surface area is 245 Å². The quantitative estimate of drug-likeness (QED) is 0.347. The molecule has 4 amide bonds. The third-order valence-electron chi connectivity index (χ3n) is 7.56. The Kier molecular flexibility index (Phi) is 8.30. The number of fused-ring (bicyclic) bond motifs is 2. The summed E-state index contributed by atoms with van der Waals surface area (Å²) in [5.41, 5.74) is 2.17. The Balaban J connectivity index is 1.32. The van der Waals surface area contributed by atoms with E-state index in [-0.39, 0.29) is 30.4 Å². The molecule has 1 unspecified atom stereocenters. The normalized spacial score (nSPS) is 20.0. The van der Waals surface area contributed by atoms with Gasteiger partial charge in [0.15, 0.2) is 0 Å². The van der Waals surface area contributed by atoms with Gasteiger partial charge in [0.25, 0.3) is 0 Å². The molecule has 9 nitrogen and oxygen atoms in total. The summed E-state index contributed by atoms with van der Waals surface area (Å²) in [6.07, 6.45) is 3.45. The third kappa shape index (κ3) is 6.70. The number of carbonyl (C=O) groups excluding carboxylic acids is 3.